The Hall–Kier alpha value is -5.82. The number of para-hydroxylation sites is 1. The summed E-state index contributed by atoms with van der Waals surface area (Å²) in [6, 6.07) is 38.3. The molecule has 0 N–H and O–H groups in total. The zero-order valence-corrected chi connectivity index (χ0v) is 23.5. The van der Waals surface area contributed by atoms with Gasteiger partial charge in [0.15, 0.2) is 17.5 Å². The molecule has 0 spiro atoms. The van der Waals surface area contributed by atoms with Crippen LogP contribution in [-0.4, -0.2) is 24.1 Å². The molecule has 3 heterocycles. The number of nitrogens with zero attached hydrogens (tertiary/aromatic N) is 5. The van der Waals surface area contributed by atoms with Gasteiger partial charge in [0.2, 0.25) is 0 Å². The van der Waals surface area contributed by atoms with Gasteiger partial charge in [0.05, 0.1) is 11.0 Å². The summed E-state index contributed by atoms with van der Waals surface area (Å²) in [7, 11) is 3.59. The Morgan fingerprint density at radius 2 is 1.07 bits per heavy atom. The molecular formula is C36H25N5O2. The van der Waals surface area contributed by atoms with Crippen LogP contribution < -0.4 is 5.69 Å². The number of hydrogen-bond donors (Lipinski definition) is 0. The molecular weight excluding hydrogens is 534 g/mol. The quantitative estimate of drug-likeness (QED) is 0.222. The minimum Gasteiger partial charge on any atom is -0.456 e. The predicted molar refractivity (Wildman–Crippen MR) is 171 cm³/mol. The zero-order chi connectivity index (χ0) is 29.1. The van der Waals surface area contributed by atoms with E-state index in [4.69, 9.17) is 19.4 Å². The summed E-state index contributed by atoms with van der Waals surface area (Å²) in [5.74, 6) is 1.73. The minimum atomic E-state index is -0.0482. The lowest BCUT2D eigenvalue weighted by Crippen LogP contribution is -2.19. The highest BCUT2D eigenvalue weighted by Gasteiger charge is 2.15. The molecule has 0 saturated carbocycles. The van der Waals surface area contributed by atoms with E-state index < -0.39 is 0 Å². The number of fused-ring (bicyclic) bond motifs is 4. The normalized spacial score (nSPS) is 11.6. The minimum absolute atomic E-state index is 0.0482. The van der Waals surface area contributed by atoms with Crippen LogP contribution in [0.3, 0.4) is 0 Å². The second kappa shape index (κ2) is 9.63. The van der Waals surface area contributed by atoms with E-state index in [-0.39, 0.29) is 5.69 Å². The van der Waals surface area contributed by atoms with Crippen LogP contribution >= 0.6 is 0 Å². The Morgan fingerprint density at radius 1 is 0.488 bits per heavy atom. The summed E-state index contributed by atoms with van der Waals surface area (Å²) < 4.78 is 9.50. The lowest BCUT2D eigenvalue weighted by molar-refractivity contribution is 0.669. The van der Waals surface area contributed by atoms with Gasteiger partial charge in [-0.25, -0.2) is 19.7 Å². The van der Waals surface area contributed by atoms with Crippen LogP contribution in [-0.2, 0) is 14.1 Å². The first kappa shape index (κ1) is 24.9. The number of aryl methyl sites for hydroxylation is 2. The third kappa shape index (κ3) is 4.13. The monoisotopic (exact) mass is 559 g/mol. The van der Waals surface area contributed by atoms with E-state index in [2.05, 4.69) is 24.3 Å². The molecule has 8 aromatic rings. The van der Waals surface area contributed by atoms with Gasteiger partial charge in [0.1, 0.15) is 11.2 Å². The lowest BCUT2D eigenvalue weighted by Gasteiger charge is -2.10. The number of hydrogen-bond acceptors (Lipinski definition) is 5. The lowest BCUT2D eigenvalue weighted by atomic mass is 10.0. The maximum atomic E-state index is 12.5. The molecule has 7 nitrogen and oxygen atoms in total. The molecule has 8 rings (SSSR count). The maximum absolute atomic E-state index is 12.5. The third-order valence-corrected chi connectivity index (χ3v) is 8.03. The Bertz CT molecular complexity index is 2400. The van der Waals surface area contributed by atoms with E-state index in [1.165, 1.54) is 0 Å². The van der Waals surface area contributed by atoms with E-state index in [1.54, 1.807) is 23.2 Å². The summed E-state index contributed by atoms with van der Waals surface area (Å²) in [4.78, 5) is 27.3. The van der Waals surface area contributed by atoms with E-state index in [0.717, 1.165) is 60.8 Å². The van der Waals surface area contributed by atoms with E-state index >= 15 is 0 Å². The van der Waals surface area contributed by atoms with Gasteiger partial charge >= 0.3 is 5.69 Å². The van der Waals surface area contributed by atoms with E-state index in [1.807, 2.05) is 91.0 Å². The number of aromatic nitrogens is 5. The van der Waals surface area contributed by atoms with Crippen molar-refractivity contribution in [3.8, 4) is 45.3 Å². The molecule has 3 aromatic heterocycles. The smallest absolute Gasteiger partial charge is 0.328 e. The number of rotatable bonds is 4. The second-order valence-corrected chi connectivity index (χ2v) is 10.7. The van der Waals surface area contributed by atoms with Gasteiger partial charge in [-0.1, -0.05) is 78.9 Å². The number of benzene rings is 5. The highest BCUT2D eigenvalue weighted by Crippen LogP contribution is 2.33. The molecule has 0 amide bonds. The molecule has 0 aliphatic rings. The van der Waals surface area contributed by atoms with Gasteiger partial charge in [-0.15, -0.1) is 0 Å². The van der Waals surface area contributed by atoms with Crippen LogP contribution in [0.25, 0.3) is 78.3 Å². The molecule has 7 heteroatoms. The average Bonchev–Trinajstić information content (AvgIpc) is 3.54. The van der Waals surface area contributed by atoms with Crippen molar-refractivity contribution in [1.29, 1.82) is 0 Å². The fraction of sp³-hybridized carbons (Fsp3) is 0.0556. The standard InChI is InChI=1S/C36H25N5O2/c1-40-29-18-16-24(20-30(29)41(2)36(40)42)23-11-8-12-25(19-23)34-37-33(22-9-4-3-5-10-22)38-35(39-34)26-15-17-28-27-13-6-7-14-31(27)43-32(28)21-26/h3-21H,1-2H3. The molecule has 43 heavy (non-hydrogen) atoms. The molecule has 0 atom stereocenters. The highest BCUT2D eigenvalue weighted by molar-refractivity contribution is 6.05. The highest BCUT2D eigenvalue weighted by atomic mass is 16.3. The van der Waals surface area contributed by atoms with Crippen molar-refractivity contribution in [2.24, 2.45) is 14.1 Å². The van der Waals surface area contributed by atoms with Crippen molar-refractivity contribution >= 4 is 33.0 Å². The largest absolute Gasteiger partial charge is 0.456 e. The average molecular weight is 560 g/mol. The fourth-order valence-electron chi connectivity index (χ4n) is 5.74. The topological polar surface area (TPSA) is 78.7 Å². The first-order chi connectivity index (χ1) is 21.0. The van der Waals surface area contributed by atoms with Crippen LogP contribution in [0.4, 0.5) is 0 Å². The number of furan rings is 1. The van der Waals surface area contributed by atoms with Gasteiger partial charge < -0.3 is 4.42 Å². The number of imidazole rings is 1. The van der Waals surface area contributed by atoms with Gasteiger partial charge in [-0.05, 0) is 47.5 Å². The van der Waals surface area contributed by atoms with E-state index in [9.17, 15) is 4.79 Å². The Balaban J connectivity index is 1.28. The summed E-state index contributed by atoms with van der Waals surface area (Å²) in [6.07, 6.45) is 0. The van der Waals surface area contributed by atoms with Crippen molar-refractivity contribution in [2.75, 3.05) is 0 Å². The first-order valence-electron chi connectivity index (χ1n) is 14.0. The van der Waals surface area contributed by atoms with Crippen LogP contribution in [0.5, 0.6) is 0 Å². The molecule has 5 aromatic carbocycles. The van der Waals surface area contributed by atoms with Crippen molar-refractivity contribution < 1.29 is 4.42 Å². The first-order valence-corrected chi connectivity index (χ1v) is 14.0. The van der Waals surface area contributed by atoms with Crippen LogP contribution in [0.2, 0.25) is 0 Å². The summed E-state index contributed by atoms with van der Waals surface area (Å²) >= 11 is 0. The van der Waals surface area contributed by atoms with E-state index in [0.29, 0.717) is 17.5 Å². The van der Waals surface area contributed by atoms with Crippen LogP contribution in [0, 0.1) is 0 Å². The van der Waals surface area contributed by atoms with Crippen molar-refractivity contribution in [2.45, 2.75) is 0 Å². The SMILES string of the molecule is Cn1c(=O)n(C)c2cc(-c3cccc(-c4nc(-c5ccccc5)nc(-c5ccc6c(c5)oc5ccccc56)n4)c3)ccc21. The summed E-state index contributed by atoms with van der Waals surface area (Å²) in [5.41, 5.74) is 7.98. The summed E-state index contributed by atoms with van der Waals surface area (Å²) in [6.45, 7) is 0. The van der Waals surface area contributed by atoms with Crippen molar-refractivity contribution in [3.63, 3.8) is 0 Å². The predicted octanol–water partition coefficient (Wildman–Crippen LogP) is 7.63. The van der Waals surface area contributed by atoms with Gasteiger partial charge in [0, 0.05) is 41.6 Å². The maximum Gasteiger partial charge on any atom is 0.328 e. The molecule has 0 radical (unpaired) electrons. The van der Waals surface area contributed by atoms with Crippen molar-refractivity contribution in [3.05, 3.63) is 126 Å². The Labute approximate surface area is 246 Å². The van der Waals surface area contributed by atoms with Gasteiger partial charge in [0.25, 0.3) is 0 Å². The fourth-order valence-corrected chi connectivity index (χ4v) is 5.74. The zero-order valence-electron chi connectivity index (χ0n) is 23.5. The molecule has 0 saturated heterocycles. The molecule has 0 fully saturated rings. The molecule has 0 unspecified atom stereocenters. The van der Waals surface area contributed by atoms with Gasteiger partial charge in [-0.2, -0.15) is 0 Å². The molecule has 0 aliphatic heterocycles. The molecule has 0 bridgehead atoms. The summed E-state index contributed by atoms with van der Waals surface area (Å²) in [5, 5.41) is 2.13. The Kier molecular flexibility index (Phi) is 5.59. The Morgan fingerprint density at radius 3 is 1.88 bits per heavy atom. The van der Waals surface area contributed by atoms with Crippen molar-refractivity contribution in [1.82, 2.24) is 24.1 Å². The third-order valence-electron chi connectivity index (χ3n) is 8.03. The second-order valence-electron chi connectivity index (χ2n) is 10.7. The van der Waals surface area contributed by atoms with Crippen LogP contribution in [0.15, 0.2) is 124 Å². The molecule has 206 valence electrons. The van der Waals surface area contributed by atoms with Gasteiger partial charge in [-0.3, -0.25) is 9.13 Å². The van der Waals surface area contributed by atoms with Crippen LogP contribution in [0.1, 0.15) is 0 Å². The molecule has 0 aliphatic carbocycles.